The Labute approximate surface area is 106 Å². The Morgan fingerprint density at radius 3 is 2.50 bits per heavy atom. The summed E-state index contributed by atoms with van der Waals surface area (Å²) in [6, 6.07) is 5.87. The topological polar surface area (TPSA) is 50.4 Å². The van der Waals surface area contributed by atoms with Gasteiger partial charge in [0.1, 0.15) is 5.58 Å². The Kier molecular flexibility index (Phi) is 2.93. The zero-order valence-electron chi connectivity index (χ0n) is 11.2. The molecular weight excluding hydrogens is 228 g/mol. The lowest BCUT2D eigenvalue weighted by Gasteiger charge is -2.18. The van der Waals surface area contributed by atoms with Gasteiger partial charge in [-0.15, -0.1) is 0 Å². The number of hydrogen-bond acceptors (Lipinski definition) is 2. The molecule has 0 saturated carbocycles. The van der Waals surface area contributed by atoms with Crippen LogP contribution in [0.5, 0.6) is 0 Å². The molecule has 0 saturated heterocycles. The Morgan fingerprint density at radius 2 is 2.00 bits per heavy atom. The number of hydrogen-bond donors (Lipinski definition) is 1. The van der Waals surface area contributed by atoms with Gasteiger partial charge >= 0.3 is 5.97 Å². The standard InChI is InChI=1S/C15H18O3/c1-5-9-7-6-8-10-11(15(2,3)4)13(14(16)17)18-12(9)10/h6-8H,5H2,1-4H3,(H,16,17). The van der Waals surface area contributed by atoms with Crippen LogP contribution in [0.4, 0.5) is 0 Å². The molecule has 1 heterocycles. The fourth-order valence-electron chi connectivity index (χ4n) is 2.35. The summed E-state index contributed by atoms with van der Waals surface area (Å²) < 4.78 is 5.61. The fourth-order valence-corrected chi connectivity index (χ4v) is 2.35. The lowest BCUT2D eigenvalue weighted by atomic mass is 9.84. The van der Waals surface area contributed by atoms with Gasteiger partial charge in [-0.2, -0.15) is 0 Å². The first-order chi connectivity index (χ1) is 8.36. The Bertz CT molecular complexity index is 600. The SMILES string of the molecule is CCc1cccc2c(C(C)(C)C)c(C(=O)O)oc12. The smallest absolute Gasteiger partial charge is 0.372 e. The van der Waals surface area contributed by atoms with Crippen LogP contribution in [0.1, 0.15) is 49.4 Å². The summed E-state index contributed by atoms with van der Waals surface area (Å²) in [4.78, 5) is 11.3. The number of carbonyl (C=O) groups is 1. The molecule has 1 N–H and O–H groups in total. The van der Waals surface area contributed by atoms with Crippen LogP contribution in [-0.2, 0) is 11.8 Å². The average molecular weight is 246 g/mol. The van der Waals surface area contributed by atoms with Crippen molar-refractivity contribution in [2.75, 3.05) is 0 Å². The number of aromatic carboxylic acids is 1. The van der Waals surface area contributed by atoms with Crippen molar-refractivity contribution < 1.29 is 14.3 Å². The van der Waals surface area contributed by atoms with Crippen LogP contribution < -0.4 is 0 Å². The Hall–Kier alpha value is -1.77. The first kappa shape index (κ1) is 12.7. The maximum Gasteiger partial charge on any atom is 0.372 e. The van der Waals surface area contributed by atoms with Crippen LogP contribution in [0, 0.1) is 0 Å². The van der Waals surface area contributed by atoms with Crippen LogP contribution in [0.3, 0.4) is 0 Å². The number of rotatable bonds is 2. The van der Waals surface area contributed by atoms with Crippen LogP contribution in [0.2, 0.25) is 0 Å². The summed E-state index contributed by atoms with van der Waals surface area (Å²) >= 11 is 0. The van der Waals surface area contributed by atoms with Crippen molar-refractivity contribution in [2.24, 2.45) is 0 Å². The van der Waals surface area contributed by atoms with Crippen molar-refractivity contribution in [3.63, 3.8) is 0 Å². The molecule has 0 aliphatic carbocycles. The number of furan rings is 1. The highest BCUT2D eigenvalue weighted by atomic mass is 16.4. The molecule has 0 spiro atoms. The number of fused-ring (bicyclic) bond motifs is 1. The molecule has 18 heavy (non-hydrogen) atoms. The highest BCUT2D eigenvalue weighted by Gasteiger charge is 2.29. The third kappa shape index (κ3) is 1.90. The van der Waals surface area contributed by atoms with E-state index in [1.807, 2.05) is 45.9 Å². The van der Waals surface area contributed by atoms with E-state index in [4.69, 9.17) is 4.42 Å². The van der Waals surface area contributed by atoms with Gasteiger partial charge in [0.25, 0.3) is 0 Å². The van der Waals surface area contributed by atoms with Gasteiger partial charge in [-0.05, 0) is 17.4 Å². The van der Waals surface area contributed by atoms with Gasteiger partial charge in [0.2, 0.25) is 5.76 Å². The summed E-state index contributed by atoms with van der Waals surface area (Å²) in [6.07, 6.45) is 0.827. The van der Waals surface area contributed by atoms with Crippen molar-refractivity contribution in [1.29, 1.82) is 0 Å². The summed E-state index contributed by atoms with van der Waals surface area (Å²) in [7, 11) is 0. The van der Waals surface area contributed by atoms with E-state index >= 15 is 0 Å². The molecule has 3 heteroatoms. The highest BCUT2D eigenvalue weighted by molar-refractivity contribution is 5.97. The third-order valence-electron chi connectivity index (χ3n) is 3.12. The minimum absolute atomic E-state index is 0.0680. The van der Waals surface area contributed by atoms with Crippen LogP contribution in [0.25, 0.3) is 11.0 Å². The minimum Gasteiger partial charge on any atom is -0.475 e. The van der Waals surface area contributed by atoms with Crippen molar-refractivity contribution in [3.8, 4) is 0 Å². The molecular formula is C15H18O3. The normalized spacial score (nSPS) is 12.0. The molecule has 0 unspecified atom stereocenters. The highest BCUT2D eigenvalue weighted by Crippen LogP contribution is 2.36. The Balaban J connectivity index is 2.89. The van der Waals surface area contributed by atoms with Gasteiger partial charge in [0.05, 0.1) is 0 Å². The Morgan fingerprint density at radius 1 is 1.33 bits per heavy atom. The van der Waals surface area contributed by atoms with Crippen molar-refractivity contribution in [3.05, 3.63) is 35.1 Å². The number of aryl methyl sites for hydroxylation is 1. The van der Waals surface area contributed by atoms with Crippen LogP contribution in [0.15, 0.2) is 22.6 Å². The van der Waals surface area contributed by atoms with E-state index in [1.54, 1.807) is 0 Å². The van der Waals surface area contributed by atoms with Crippen LogP contribution in [-0.4, -0.2) is 11.1 Å². The first-order valence-corrected chi connectivity index (χ1v) is 6.14. The summed E-state index contributed by atoms with van der Waals surface area (Å²) in [6.45, 7) is 8.04. The second kappa shape index (κ2) is 4.16. The maximum absolute atomic E-state index is 11.3. The van der Waals surface area contributed by atoms with E-state index in [0.29, 0.717) is 5.58 Å². The number of carboxylic acid groups (broad SMARTS) is 1. The van der Waals surface area contributed by atoms with Gasteiger partial charge in [-0.25, -0.2) is 4.79 Å². The molecule has 0 amide bonds. The summed E-state index contributed by atoms with van der Waals surface area (Å²) in [5.74, 6) is -0.934. The van der Waals surface area contributed by atoms with Gasteiger partial charge in [0.15, 0.2) is 0 Å². The second-order valence-corrected chi connectivity index (χ2v) is 5.51. The molecule has 2 aromatic rings. The molecule has 1 aromatic heterocycles. The molecule has 0 fully saturated rings. The van der Waals surface area contributed by atoms with Gasteiger partial charge in [0, 0.05) is 10.9 Å². The molecule has 0 radical (unpaired) electrons. The lowest BCUT2D eigenvalue weighted by Crippen LogP contribution is -2.15. The zero-order valence-corrected chi connectivity index (χ0v) is 11.2. The minimum atomic E-state index is -1.00. The monoisotopic (exact) mass is 246 g/mol. The molecule has 0 atom stereocenters. The van der Waals surface area contributed by atoms with Crippen LogP contribution >= 0.6 is 0 Å². The molecule has 0 aliphatic heterocycles. The third-order valence-corrected chi connectivity index (χ3v) is 3.12. The number of carboxylic acids is 1. The maximum atomic E-state index is 11.3. The van der Waals surface area contributed by atoms with Crippen molar-refractivity contribution in [2.45, 2.75) is 39.5 Å². The summed E-state index contributed by atoms with van der Waals surface area (Å²) in [5.41, 5.74) is 2.28. The zero-order chi connectivity index (χ0) is 13.5. The van der Waals surface area contributed by atoms with E-state index < -0.39 is 5.97 Å². The van der Waals surface area contributed by atoms with E-state index in [9.17, 15) is 9.90 Å². The molecule has 3 nitrogen and oxygen atoms in total. The van der Waals surface area contributed by atoms with E-state index in [-0.39, 0.29) is 11.2 Å². The predicted molar refractivity (Wildman–Crippen MR) is 71.3 cm³/mol. The van der Waals surface area contributed by atoms with E-state index in [2.05, 4.69) is 0 Å². The number of para-hydroxylation sites is 1. The van der Waals surface area contributed by atoms with Gasteiger partial charge < -0.3 is 9.52 Å². The quantitative estimate of drug-likeness (QED) is 0.871. The fraction of sp³-hybridized carbons (Fsp3) is 0.400. The molecule has 2 rings (SSSR count). The second-order valence-electron chi connectivity index (χ2n) is 5.51. The average Bonchev–Trinajstić information content (AvgIpc) is 2.67. The van der Waals surface area contributed by atoms with E-state index in [1.165, 1.54) is 0 Å². The predicted octanol–water partition coefficient (Wildman–Crippen LogP) is 3.99. The van der Waals surface area contributed by atoms with Gasteiger partial charge in [-0.1, -0.05) is 45.9 Å². The van der Waals surface area contributed by atoms with Gasteiger partial charge in [-0.3, -0.25) is 0 Å². The van der Waals surface area contributed by atoms with Crippen molar-refractivity contribution in [1.82, 2.24) is 0 Å². The molecule has 1 aromatic carbocycles. The molecule has 96 valence electrons. The summed E-state index contributed by atoms with van der Waals surface area (Å²) in [5, 5.41) is 10.2. The molecule has 0 bridgehead atoms. The van der Waals surface area contributed by atoms with Crippen molar-refractivity contribution >= 4 is 16.9 Å². The largest absolute Gasteiger partial charge is 0.475 e. The first-order valence-electron chi connectivity index (χ1n) is 6.14. The molecule has 0 aliphatic rings. The van der Waals surface area contributed by atoms with E-state index in [0.717, 1.165) is 22.9 Å². The number of benzene rings is 1. The lowest BCUT2D eigenvalue weighted by molar-refractivity contribution is 0.0661.